The average Bonchev–Trinajstić information content (AvgIpc) is 3.72. The van der Waals surface area contributed by atoms with Crippen LogP contribution < -0.4 is 0 Å². The summed E-state index contributed by atoms with van der Waals surface area (Å²) in [7, 11) is 3.29. The molecule has 0 saturated carbocycles. The van der Waals surface area contributed by atoms with Crippen molar-refractivity contribution in [1.29, 1.82) is 0 Å². The first-order valence-electron chi connectivity index (χ1n) is 14.6. The van der Waals surface area contributed by atoms with Crippen molar-refractivity contribution in [2.75, 3.05) is 80.3 Å². The molecule has 0 aliphatic rings. The Morgan fingerprint density at radius 2 is 0.932 bits per heavy atom. The van der Waals surface area contributed by atoms with Crippen LogP contribution >= 0.6 is 0 Å². The summed E-state index contributed by atoms with van der Waals surface area (Å²) in [5.74, 6) is 0. The van der Waals surface area contributed by atoms with Gasteiger partial charge in [0.25, 0.3) is 0 Å². The van der Waals surface area contributed by atoms with Gasteiger partial charge in [-0.2, -0.15) is 0 Å². The summed E-state index contributed by atoms with van der Waals surface area (Å²) in [5, 5.41) is 17.5. The summed E-state index contributed by atoms with van der Waals surface area (Å²) >= 11 is 0. The fourth-order valence-corrected chi connectivity index (χ4v) is 4.42. The highest BCUT2D eigenvalue weighted by Crippen LogP contribution is 2.33. The lowest BCUT2D eigenvalue weighted by molar-refractivity contribution is 0.0224. The molecule has 0 amide bonds. The summed E-state index contributed by atoms with van der Waals surface area (Å²) in [4.78, 5) is 9.98. The molecule has 3 aromatic heterocycles. The molecule has 0 N–H and O–H groups in total. The molecule has 5 aromatic rings. The maximum Gasteiger partial charge on any atom is 0.115 e. The molecular formula is C30H38N8O6. The summed E-state index contributed by atoms with van der Waals surface area (Å²) < 4.78 is 35.6. The van der Waals surface area contributed by atoms with E-state index in [1.165, 1.54) is 0 Å². The minimum absolute atomic E-state index is 0.490. The van der Waals surface area contributed by atoms with Crippen molar-refractivity contribution in [1.82, 2.24) is 40.0 Å². The Hall–Kier alpha value is -3.92. The van der Waals surface area contributed by atoms with E-state index in [-0.39, 0.29) is 0 Å². The third-order valence-corrected chi connectivity index (χ3v) is 6.66. The Labute approximate surface area is 255 Å². The van der Waals surface area contributed by atoms with Crippen molar-refractivity contribution in [3.63, 3.8) is 0 Å². The van der Waals surface area contributed by atoms with Crippen LogP contribution in [-0.2, 0) is 41.5 Å². The van der Waals surface area contributed by atoms with E-state index < -0.39 is 0 Å². The van der Waals surface area contributed by atoms with Crippen molar-refractivity contribution in [2.24, 2.45) is 0 Å². The molecule has 0 aliphatic carbocycles. The van der Waals surface area contributed by atoms with Crippen LogP contribution in [0, 0.1) is 0 Å². The summed E-state index contributed by atoms with van der Waals surface area (Å²) in [6.45, 7) is 6.38. The monoisotopic (exact) mass is 606 g/mol. The zero-order valence-corrected chi connectivity index (χ0v) is 25.1. The zero-order chi connectivity index (χ0) is 30.4. The van der Waals surface area contributed by atoms with Gasteiger partial charge in [-0.15, -0.1) is 10.2 Å². The van der Waals surface area contributed by atoms with Gasteiger partial charge in [-0.05, 0) is 24.3 Å². The molecule has 14 nitrogen and oxygen atoms in total. The van der Waals surface area contributed by atoms with Crippen LogP contribution in [0.1, 0.15) is 0 Å². The first-order valence-corrected chi connectivity index (χ1v) is 14.6. The number of hydrogen-bond donors (Lipinski definition) is 0. The second-order valence-electron chi connectivity index (χ2n) is 9.74. The van der Waals surface area contributed by atoms with Crippen LogP contribution in [0.4, 0.5) is 0 Å². The second kappa shape index (κ2) is 16.8. The molecule has 0 saturated heterocycles. The van der Waals surface area contributed by atoms with Crippen molar-refractivity contribution in [2.45, 2.75) is 13.1 Å². The predicted molar refractivity (Wildman–Crippen MR) is 162 cm³/mol. The van der Waals surface area contributed by atoms with Crippen LogP contribution in [0.15, 0.2) is 48.8 Å². The Kier molecular flexibility index (Phi) is 12.0. The average molecular weight is 607 g/mol. The van der Waals surface area contributed by atoms with Gasteiger partial charge in [-0.25, -0.2) is 19.3 Å². The smallest absolute Gasteiger partial charge is 0.115 e. The molecule has 0 bridgehead atoms. The minimum Gasteiger partial charge on any atom is -0.382 e. The second-order valence-corrected chi connectivity index (χ2v) is 9.74. The van der Waals surface area contributed by atoms with Crippen molar-refractivity contribution in [3.05, 3.63) is 48.8 Å². The third-order valence-electron chi connectivity index (χ3n) is 6.66. The molecular weight excluding hydrogens is 568 g/mol. The fourth-order valence-electron chi connectivity index (χ4n) is 4.42. The first-order chi connectivity index (χ1) is 21.8. The maximum atomic E-state index is 5.66. The fraction of sp³-hybridized carbons (Fsp3) is 0.467. The molecule has 0 radical (unpaired) electrons. The molecule has 3 heterocycles. The van der Waals surface area contributed by atoms with E-state index in [4.69, 9.17) is 38.4 Å². The molecule has 0 unspecified atom stereocenters. The van der Waals surface area contributed by atoms with Crippen molar-refractivity contribution < 1.29 is 28.4 Å². The van der Waals surface area contributed by atoms with E-state index in [1.807, 2.05) is 48.8 Å². The van der Waals surface area contributed by atoms with Gasteiger partial charge in [0.2, 0.25) is 0 Å². The lowest BCUT2D eigenvalue weighted by Gasteiger charge is -2.09. The van der Waals surface area contributed by atoms with Gasteiger partial charge in [-0.3, -0.25) is 0 Å². The van der Waals surface area contributed by atoms with Crippen molar-refractivity contribution >= 4 is 22.1 Å². The number of fused-ring (bicyclic) bond motifs is 2. The highest BCUT2D eigenvalue weighted by Gasteiger charge is 2.17. The number of hydrogen-bond acceptors (Lipinski definition) is 12. The number of ether oxygens (including phenoxy) is 6. The lowest BCUT2D eigenvalue weighted by atomic mass is 10.0. The minimum atomic E-state index is 0.490. The molecule has 234 valence electrons. The number of benzene rings is 2. The highest BCUT2D eigenvalue weighted by atomic mass is 16.5. The number of methoxy groups -OCH3 is 2. The van der Waals surface area contributed by atoms with Crippen LogP contribution in [0.3, 0.4) is 0 Å². The van der Waals surface area contributed by atoms with Gasteiger partial charge >= 0.3 is 0 Å². The predicted octanol–water partition coefficient (Wildman–Crippen LogP) is 2.66. The highest BCUT2D eigenvalue weighted by molar-refractivity contribution is 6.02. The Morgan fingerprint density at radius 1 is 0.523 bits per heavy atom. The third kappa shape index (κ3) is 8.59. The van der Waals surface area contributed by atoms with E-state index in [1.54, 1.807) is 23.6 Å². The largest absolute Gasteiger partial charge is 0.382 e. The Bertz CT molecular complexity index is 1480. The normalized spacial score (nSPS) is 11.7. The SMILES string of the molecule is COCCOCCOCCn1cc(-c2ccc(-c3cn(CCOCCOCCOC)nn3)c3nc4ccccc4nc23)nn1. The summed E-state index contributed by atoms with van der Waals surface area (Å²) in [6.07, 6.45) is 3.78. The van der Waals surface area contributed by atoms with Gasteiger partial charge in [0.15, 0.2) is 0 Å². The van der Waals surface area contributed by atoms with E-state index in [0.29, 0.717) is 102 Å². The van der Waals surface area contributed by atoms with Crippen LogP contribution in [-0.4, -0.2) is 120 Å². The zero-order valence-electron chi connectivity index (χ0n) is 25.1. The molecule has 14 heteroatoms. The van der Waals surface area contributed by atoms with Crippen LogP contribution in [0.25, 0.3) is 44.6 Å². The van der Waals surface area contributed by atoms with Crippen LogP contribution in [0.5, 0.6) is 0 Å². The number of rotatable bonds is 20. The van der Waals surface area contributed by atoms with Gasteiger partial charge in [0, 0.05) is 25.3 Å². The number of para-hydroxylation sites is 2. The molecule has 5 rings (SSSR count). The first kappa shape index (κ1) is 31.5. The lowest BCUT2D eigenvalue weighted by Crippen LogP contribution is -2.12. The van der Waals surface area contributed by atoms with Crippen molar-refractivity contribution in [3.8, 4) is 22.5 Å². The van der Waals surface area contributed by atoms with Gasteiger partial charge < -0.3 is 28.4 Å². The van der Waals surface area contributed by atoms with Gasteiger partial charge in [0.05, 0.1) is 114 Å². The number of nitrogens with zero attached hydrogens (tertiary/aromatic N) is 8. The number of aromatic nitrogens is 8. The standard InChI is InChI=1S/C30H38N8O6/c1-39-13-15-43-19-17-41-11-9-37-21-27(33-35-37)23-7-8-24(30-29(23)31-25-5-3-4-6-26(25)32-30)28-22-38(36-34-28)10-12-42-18-20-44-16-14-40-2/h3-8,21-22H,9-20H2,1-2H3. The molecule has 0 atom stereocenters. The summed E-state index contributed by atoms with van der Waals surface area (Å²) in [6, 6.07) is 11.8. The Balaban J connectivity index is 1.27. The molecule has 0 aliphatic heterocycles. The maximum absolute atomic E-state index is 5.66. The Morgan fingerprint density at radius 3 is 1.36 bits per heavy atom. The van der Waals surface area contributed by atoms with Gasteiger partial charge in [-0.1, -0.05) is 22.6 Å². The molecule has 2 aromatic carbocycles. The van der Waals surface area contributed by atoms with E-state index >= 15 is 0 Å². The summed E-state index contributed by atoms with van der Waals surface area (Å²) in [5.41, 5.74) is 6.05. The molecule has 44 heavy (non-hydrogen) atoms. The van der Waals surface area contributed by atoms with Gasteiger partial charge in [0.1, 0.15) is 11.4 Å². The molecule has 0 spiro atoms. The molecule has 0 fully saturated rings. The van der Waals surface area contributed by atoms with E-state index in [0.717, 1.165) is 22.2 Å². The quantitative estimate of drug-likeness (QED) is 0.0949. The van der Waals surface area contributed by atoms with E-state index in [2.05, 4.69) is 20.6 Å². The van der Waals surface area contributed by atoms with E-state index in [9.17, 15) is 0 Å². The van der Waals surface area contributed by atoms with Crippen LogP contribution in [0.2, 0.25) is 0 Å². The topological polar surface area (TPSA) is 143 Å².